The highest BCUT2D eigenvalue weighted by Crippen LogP contribution is 2.35. The highest BCUT2D eigenvalue weighted by molar-refractivity contribution is 6.59. The first-order valence-corrected chi connectivity index (χ1v) is 14.0. The summed E-state index contributed by atoms with van der Waals surface area (Å²) in [6.45, 7) is 1.74. The average molecular weight is 518 g/mol. The molecule has 5 nitrogen and oxygen atoms in total. The Bertz CT molecular complexity index is 1260. The minimum Gasteiger partial charge on any atom is -0.382 e. The second kappa shape index (κ2) is 9.79. The van der Waals surface area contributed by atoms with Gasteiger partial charge in [0, 0.05) is 34.2 Å². The van der Waals surface area contributed by atoms with E-state index in [0.717, 1.165) is 50.5 Å². The molecule has 1 amide bonds. The molecule has 3 aromatic rings. The maximum atomic E-state index is 13.4. The number of benzene rings is 2. The number of nitrogens with zero attached hydrogens (tertiary/aromatic N) is 1. The van der Waals surface area contributed by atoms with Gasteiger partial charge >= 0.3 is 6.18 Å². The Morgan fingerprint density at radius 3 is 2.66 bits per heavy atom. The van der Waals surface area contributed by atoms with E-state index >= 15 is 0 Å². The highest BCUT2D eigenvalue weighted by Gasteiger charge is 2.34. The van der Waals surface area contributed by atoms with Crippen molar-refractivity contribution < 1.29 is 18.0 Å². The fraction of sp³-hybridized carbons (Fsp3) is 0.360. The summed E-state index contributed by atoms with van der Waals surface area (Å²) in [5.41, 5.74) is 2.86. The molecule has 0 spiro atoms. The van der Waals surface area contributed by atoms with Gasteiger partial charge in [0.2, 0.25) is 5.91 Å². The van der Waals surface area contributed by atoms with E-state index in [9.17, 15) is 18.0 Å². The molecule has 0 bridgehead atoms. The average Bonchev–Trinajstić information content (AvgIpc) is 2.84. The quantitative estimate of drug-likeness (QED) is 0.397. The number of hydrogen-bond donors (Lipinski definition) is 3. The fourth-order valence-electron chi connectivity index (χ4n) is 4.77. The zero-order chi connectivity index (χ0) is 24.6. The fourth-order valence-corrected chi connectivity index (χ4v) is 7.30. The van der Waals surface area contributed by atoms with Crippen molar-refractivity contribution in [2.75, 3.05) is 11.9 Å². The number of fused-ring (bicyclic) bond motifs is 2. The summed E-state index contributed by atoms with van der Waals surface area (Å²) in [5, 5.41) is 7.64. The number of carbonyl (C=O) groups excluding carboxylic acids is 1. The number of rotatable bonds is 4. The van der Waals surface area contributed by atoms with E-state index in [0.29, 0.717) is 21.7 Å². The van der Waals surface area contributed by atoms with Crippen LogP contribution in [0.3, 0.4) is 0 Å². The molecule has 0 saturated carbocycles. The van der Waals surface area contributed by atoms with Gasteiger partial charge < -0.3 is 15.6 Å². The van der Waals surface area contributed by atoms with Gasteiger partial charge in [-0.3, -0.25) is 4.79 Å². The molecule has 2 aromatic carbocycles. The predicted octanol–water partition coefficient (Wildman–Crippen LogP) is 5.55. The summed E-state index contributed by atoms with van der Waals surface area (Å²) in [6.07, 6.45) is -2.02. The Hall–Kier alpha value is -2.62. The molecule has 2 aliphatic heterocycles. The third kappa shape index (κ3) is 5.47. The molecule has 1 aromatic heterocycles. The van der Waals surface area contributed by atoms with Crippen molar-refractivity contribution >= 4 is 43.1 Å². The largest absolute Gasteiger partial charge is 0.433 e. The lowest BCUT2D eigenvalue weighted by Gasteiger charge is -2.29. The van der Waals surface area contributed by atoms with Gasteiger partial charge in [0.05, 0.1) is 5.52 Å². The standard InChI is InChI=1S/C25H25ClF3N4OSi/c26-18-3-4-21-20(12-18)22(13-23(32-21)25(27,28)29)31-19-6-9-35(10-7-19)33-24(34)16-2-1-15-5-8-30-14-17(15)11-16/h1-4,11-13,19,30H,5-10,14H2,(H,31,32)(H,33,34). The normalized spacial score (nSPS) is 17.3. The first-order valence-electron chi connectivity index (χ1n) is 11.7. The van der Waals surface area contributed by atoms with Crippen LogP contribution in [-0.2, 0) is 19.1 Å². The van der Waals surface area contributed by atoms with Crippen molar-refractivity contribution in [1.29, 1.82) is 0 Å². The Labute approximate surface area is 208 Å². The minimum absolute atomic E-state index is 0.0149. The monoisotopic (exact) mass is 517 g/mol. The van der Waals surface area contributed by atoms with Crippen LogP contribution in [0.4, 0.5) is 18.9 Å². The molecule has 0 atom stereocenters. The lowest BCUT2D eigenvalue weighted by molar-refractivity contribution is -0.140. The molecular weight excluding hydrogens is 493 g/mol. The molecule has 2 aliphatic rings. The van der Waals surface area contributed by atoms with Gasteiger partial charge in [-0.1, -0.05) is 17.7 Å². The maximum Gasteiger partial charge on any atom is 0.433 e. The summed E-state index contributed by atoms with van der Waals surface area (Å²) in [6, 6.07) is 13.4. The minimum atomic E-state index is -4.54. The van der Waals surface area contributed by atoms with Crippen molar-refractivity contribution in [3.05, 3.63) is 69.9 Å². The molecule has 1 saturated heterocycles. The Morgan fingerprint density at radius 2 is 1.89 bits per heavy atom. The summed E-state index contributed by atoms with van der Waals surface area (Å²) >= 11 is 6.10. The number of hydrogen-bond acceptors (Lipinski definition) is 4. The van der Waals surface area contributed by atoms with Gasteiger partial charge in [-0.25, -0.2) is 4.98 Å². The van der Waals surface area contributed by atoms with Crippen LogP contribution < -0.4 is 15.6 Å². The van der Waals surface area contributed by atoms with Crippen molar-refractivity contribution in [2.45, 2.75) is 50.1 Å². The van der Waals surface area contributed by atoms with Crippen LogP contribution in [0.2, 0.25) is 17.1 Å². The number of aromatic nitrogens is 1. The molecule has 3 N–H and O–H groups in total. The topological polar surface area (TPSA) is 66.0 Å². The summed E-state index contributed by atoms with van der Waals surface area (Å²) in [5.74, 6) is -0.0386. The summed E-state index contributed by atoms with van der Waals surface area (Å²) < 4.78 is 40.2. The lowest BCUT2D eigenvalue weighted by Crippen LogP contribution is -2.43. The number of amides is 1. The van der Waals surface area contributed by atoms with E-state index in [4.69, 9.17) is 11.6 Å². The number of nitrogens with one attached hydrogen (secondary N) is 3. The van der Waals surface area contributed by atoms with Crippen molar-refractivity contribution in [1.82, 2.24) is 15.3 Å². The van der Waals surface area contributed by atoms with Crippen molar-refractivity contribution in [2.24, 2.45) is 0 Å². The molecule has 35 heavy (non-hydrogen) atoms. The van der Waals surface area contributed by atoms with E-state index in [2.05, 4.69) is 20.6 Å². The Kier molecular flexibility index (Phi) is 6.74. The molecule has 10 heteroatoms. The van der Waals surface area contributed by atoms with E-state index in [1.165, 1.54) is 23.3 Å². The zero-order valence-corrected chi connectivity index (χ0v) is 20.7. The molecule has 183 valence electrons. The SMILES string of the molecule is O=C(N[Si]1CCC(Nc2cc(C(F)(F)F)nc3ccc(Cl)cc23)CC1)c1ccc2c(c1)CNCC2. The van der Waals surface area contributed by atoms with Crippen molar-refractivity contribution in [3.63, 3.8) is 0 Å². The third-order valence-corrected chi connectivity index (χ3v) is 9.26. The van der Waals surface area contributed by atoms with Gasteiger partial charge in [0.15, 0.2) is 8.96 Å². The van der Waals surface area contributed by atoms with Crippen LogP contribution in [0.1, 0.15) is 40.0 Å². The molecule has 5 rings (SSSR count). The van der Waals surface area contributed by atoms with Crippen LogP contribution >= 0.6 is 11.6 Å². The van der Waals surface area contributed by atoms with Gasteiger partial charge in [-0.05, 0) is 85.4 Å². The van der Waals surface area contributed by atoms with E-state index in [1.807, 2.05) is 18.2 Å². The number of carbonyl (C=O) groups is 1. The molecule has 0 unspecified atom stereocenters. The smallest absolute Gasteiger partial charge is 0.382 e. The zero-order valence-electron chi connectivity index (χ0n) is 18.9. The van der Waals surface area contributed by atoms with Crippen molar-refractivity contribution in [3.8, 4) is 0 Å². The van der Waals surface area contributed by atoms with Gasteiger partial charge in [-0.15, -0.1) is 0 Å². The lowest BCUT2D eigenvalue weighted by atomic mass is 9.98. The second-order valence-corrected chi connectivity index (χ2v) is 12.0. The van der Waals surface area contributed by atoms with Gasteiger partial charge in [0.1, 0.15) is 5.69 Å². The number of anilines is 1. The predicted molar refractivity (Wildman–Crippen MR) is 133 cm³/mol. The molecular formula is C25H25ClF3N4OSi. The molecule has 1 radical (unpaired) electrons. The van der Waals surface area contributed by atoms with Crippen LogP contribution in [0, 0.1) is 0 Å². The number of halogens is 4. The van der Waals surface area contributed by atoms with Crippen LogP contribution in [-0.4, -0.2) is 32.4 Å². The number of alkyl halides is 3. The van der Waals surface area contributed by atoms with E-state index in [1.54, 1.807) is 6.07 Å². The number of pyridine rings is 1. The molecule has 0 aliphatic carbocycles. The van der Waals surface area contributed by atoms with E-state index in [-0.39, 0.29) is 17.5 Å². The maximum absolute atomic E-state index is 13.4. The Morgan fingerprint density at radius 1 is 1.09 bits per heavy atom. The first-order chi connectivity index (χ1) is 16.8. The second-order valence-electron chi connectivity index (χ2n) is 9.10. The van der Waals surface area contributed by atoms with Gasteiger partial charge in [0.25, 0.3) is 0 Å². The van der Waals surface area contributed by atoms with E-state index < -0.39 is 20.8 Å². The third-order valence-electron chi connectivity index (χ3n) is 6.66. The summed E-state index contributed by atoms with van der Waals surface area (Å²) in [7, 11) is -1.09. The summed E-state index contributed by atoms with van der Waals surface area (Å²) in [4.78, 5) is 19.8. The first kappa shape index (κ1) is 24.1. The highest BCUT2D eigenvalue weighted by atomic mass is 35.5. The van der Waals surface area contributed by atoms with Gasteiger partial charge in [-0.2, -0.15) is 13.2 Å². The Balaban J connectivity index is 1.24. The van der Waals surface area contributed by atoms with Crippen LogP contribution in [0.5, 0.6) is 0 Å². The van der Waals surface area contributed by atoms with Crippen LogP contribution in [0.25, 0.3) is 10.9 Å². The molecule has 3 heterocycles. The van der Waals surface area contributed by atoms with Crippen LogP contribution in [0.15, 0.2) is 42.5 Å². The molecule has 1 fully saturated rings.